The summed E-state index contributed by atoms with van der Waals surface area (Å²) in [6.45, 7) is 6.74. The number of aromatic nitrogens is 2. The number of allylic oxidation sites excluding steroid dienone is 2. The second-order valence-electron chi connectivity index (χ2n) is 6.46. The van der Waals surface area contributed by atoms with E-state index in [0.29, 0.717) is 19.0 Å². The topological polar surface area (TPSA) is 85.7 Å². The molecule has 2 aromatic rings. The van der Waals surface area contributed by atoms with Crippen molar-refractivity contribution in [1.29, 1.82) is 0 Å². The number of terminal acetylenes is 1. The van der Waals surface area contributed by atoms with Crippen molar-refractivity contribution in [1.82, 2.24) is 14.7 Å². The van der Waals surface area contributed by atoms with Crippen LogP contribution in [-0.2, 0) is 9.53 Å². The van der Waals surface area contributed by atoms with Gasteiger partial charge in [-0.3, -0.25) is 14.7 Å². The molecule has 0 aliphatic carbocycles. The zero-order valence-electron chi connectivity index (χ0n) is 19.2. The molecule has 0 unspecified atom stereocenters. The summed E-state index contributed by atoms with van der Waals surface area (Å²) in [5.74, 6) is 2.94. The minimum absolute atomic E-state index is 0.0382. The molecular formula is C25H33N5O2. The molecule has 0 radical (unpaired) electrons. The molecule has 0 fully saturated rings. The number of ether oxygens (including phenoxy) is 1. The molecule has 0 saturated carbocycles. The van der Waals surface area contributed by atoms with Crippen LogP contribution in [-0.4, -0.2) is 60.3 Å². The lowest BCUT2D eigenvalue weighted by Gasteiger charge is -2.18. The number of benzene rings is 1. The Hall–Kier alpha value is -3.47. The Labute approximate surface area is 191 Å². The van der Waals surface area contributed by atoms with Gasteiger partial charge in [-0.2, -0.15) is 5.10 Å². The number of para-hydroxylation sites is 1. The second-order valence-corrected chi connectivity index (χ2v) is 6.46. The molecule has 0 saturated heterocycles. The molecule has 7 nitrogen and oxygen atoms in total. The Morgan fingerprint density at radius 2 is 1.97 bits per heavy atom. The van der Waals surface area contributed by atoms with Crippen LogP contribution in [0.15, 0.2) is 60.3 Å². The number of hydrogen-bond donors (Lipinski definition) is 1. The summed E-state index contributed by atoms with van der Waals surface area (Å²) in [6, 6.07) is 9.93. The summed E-state index contributed by atoms with van der Waals surface area (Å²) in [7, 11) is 3.19. The lowest BCUT2D eigenvalue weighted by Crippen LogP contribution is -2.34. The van der Waals surface area contributed by atoms with E-state index >= 15 is 0 Å². The highest BCUT2D eigenvalue weighted by Crippen LogP contribution is 2.20. The van der Waals surface area contributed by atoms with Crippen molar-refractivity contribution in [3.8, 4) is 18.0 Å². The first kappa shape index (κ1) is 26.6. The van der Waals surface area contributed by atoms with Gasteiger partial charge < -0.3 is 10.5 Å². The first-order chi connectivity index (χ1) is 15.7. The van der Waals surface area contributed by atoms with E-state index in [1.165, 1.54) is 13.1 Å². The Morgan fingerprint density at radius 1 is 1.28 bits per heavy atom. The van der Waals surface area contributed by atoms with Gasteiger partial charge in [-0.05, 0) is 51.1 Å². The molecule has 2 N–H and O–H groups in total. The zero-order valence-corrected chi connectivity index (χ0v) is 19.2. The standard InChI is InChI=1S/C20H24N4O2.C4H4.CH5N/c1-3-9-18-17(15-24(22-18)16-10-5-4-6-11-16)20-21-14-19(25)23(20)12-7-8-13-26-2;1-3-4-2;1-2/h3-6,9-11,15H,7-8,12-14H2,1-2H3;1,4H,2H2;2H2,1H3/b9-3+;;. The lowest BCUT2D eigenvalue weighted by molar-refractivity contribution is -0.124. The highest BCUT2D eigenvalue weighted by molar-refractivity contribution is 6.13. The quantitative estimate of drug-likeness (QED) is 0.509. The third-order valence-electron chi connectivity index (χ3n) is 4.35. The molecule has 0 atom stereocenters. The van der Waals surface area contributed by atoms with Crippen molar-refractivity contribution >= 4 is 17.8 Å². The van der Waals surface area contributed by atoms with Crippen molar-refractivity contribution < 1.29 is 9.53 Å². The summed E-state index contributed by atoms with van der Waals surface area (Å²) < 4.78 is 6.92. The van der Waals surface area contributed by atoms with Gasteiger partial charge in [-0.15, -0.1) is 6.42 Å². The van der Waals surface area contributed by atoms with Crippen LogP contribution in [0.5, 0.6) is 0 Å². The summed E-state index contributed by atoms with van der Waals surface area (Å²) in [5.41, 5.74) is 7.16. The number of amidine groups is 1. The fourth-order valence-electron chi connectivity index (χ4n) is 2.96. The zero-order chi connectivity index (χ0) is 23.8. The molecule has 1 aromatic carbocycles. The van der Waals surface area contributed by atoms with E-state index in [1.54, 1.807) is 12.0 Å². The second kappa shape index (κ2) is 15.3. The first-order valence-electron chi connectivity index (χ1n) is 10.4. The molecule has 32 heavy (non-hydrogen) atoms. The van der Waals surface area contributed by atoms with E-state index in [1.807, 2.05) is 60.3 Å². The molecule has 1 aromatic heterocycles. The third kappa shape index (κ3) is 7.65. The maximum atomic E-state index is 12.3. The Balaban J connectivity index is 0.000000769. The number of methoxy groups -OCH3 is 1. The van der Waals surface area contributed by atoms with Crippen LogP contribution in [0.4, 0.5) is 0 Å². The van der Waals surface area contributed by atoms with Gasteiger partial charge in [0.1, 0.15) is 12.4 Å². The van der Waals surface area contributed by atoms with Crippen LogP contribution in [0.1, 0.15) is 31.0 Å². The van der Waals surface area contributed by atoms with Crippen LogP contribution in [0.25, 0.3) is 11.8 Å². The number of carbonyl (C=O) groups is 1. The first-order valence-corrected chi connectivity index (χ1v) is 10.4. The maximum Gasteiger partial charge on any atom is 0.249 e. The molecule has 7 heteroatoms. The third-order valence-corrected chi connectivity index (χ3v) is 4.35. The monoisotopic (exact) mass is 435 g/mol. The fraction of sp³-hybridized carbons (Fsp3) is 0.320. The minimum Gasteiger partial charge on any atom is -0.385 e. The molecule has 3 rings (SSSR count). The summed E-state index contributed by atoms with van der Waals surface area (Å²) >= 11 is 0. The number of aliphatic imine (C=N–C) groups is 1. The molecule has 170 valence electrons. The normalized spacial score (nSPS) is 12.4. The van der Waals surface area contributed by atoms with Crippen LogP contribution in [0, 0.1) is 12.3 Å². The van der Waals surface area contributed by atoms with E-state index in [0.717, 1.165) is 29.8 Å². The van der Waals surface area contributed by atoms with Crippen LogP contribution in [0.3, 0.4) is 0 Å². The van der Waals surface area contributed by atoms with Crippen molar-refractivity contribution in [2.24, 2.45) is 10.7 Å². The predicted octanol–water partition coefficient (Wildman–Crippen LogP) is 3.30. The highest BCUT2D eigenvalue weighted by Gasteiger charge is 2.28. The predicted molar refractivity (Wildman–Crippen MR) is 132 cm³/mol. The number of hydrogen-bond acceptors (Lipinski definition) is 5. The van der Waals surface area contributed by atoms with E-state index in [-0.39, 0.29) is 12.5 Å². The van der Waals surface area contributed by atoms with Crippen LogP contribution >= 0.6 is 0 Å². The van der Waals surface area contributed by atoms with Crippen LogP contribution in [0.2, 0.25) is 0 Å². The Bertz CT molecular complexity index is 939. The van der Waals surface area contributed by atoms with Gasteiger partial charge in [0.2, 0.25) is 5.91 Å². The summed E-state index contributed by atoms with van der Waals surface area (Å²) in [5, 5.41) is 4.68. The van der Waals surface area contributed by atoms with Gasteiger partial charge in [-0.1, -0.05) is 36.8 Å². The van der Waals surface area contributed by atoms with Crippen molar-refractivity contribution in [2.45, 2.75) is 19.8 Å². The van der Waals surface area contributed by atoms with Gasteiger partial charge in [0.05, 0.1) is 16.9 Å². The van der Waals surface area contributed by atoms with Gasteiger partial charge in [0, 0.05) is 26.5 Å². The summed E-state index contributed by atoms with van der Waals surface area (Å²) in [6.07, 6.45) is 13.7. The Kier molecular flexibility index (Phi) is 12.7. The fourth-order valence-corrected chi connectivity index (χ4v) is 2.96. The Morgan fingerprint density at radius 3 is 2.56 bits per heavy atom. The molecular weight excluding hydrogens is 402 g/mol. The van der Waals surface area contributed by atoms with E-state index in [4.69, 9.17) is 4.74 Å². The minimum atomic E-state index is 0.0382. The average molecular weight is 436 g/mol. The number of unbranched alkanes of at least 4 members (excludes halogenated alkanes) is 1. The van der Waals surface area contributed by atoms with Gasteiger partial charge >= 0.3 is 0 Å². The average Bonchev–Trinajstić information content (AvgIpc) is 3.42. The van der Waals surface area contributed by atoms with Crippen LogP contribution < -0.4 is 5.73 Å². The molecule has 0 bridgehead atoms. The van der Waals surface area contributed by atoms with Crippen molar-refractivity contribution in [3.05, 3.63) is 66.5 Å². The molecule has 1 amide bonds. The largest absolute Gasteiger partial charge is 0.385 e. The number of nitrogens with zero attached hydrogens (tertiary/aromatic N) is 4. The molecule has 0 spiro atoms. The van der Waals surface area contributed by atoms with E-state index in [9.17, 15) is 4.79 Å². The van der Waals surface area contributed by atoms with Gasteiger partial charge in [0.25, 0.3) is 0 Å². The molecule has 1 aliphatic rings. The summed E-state index contributed by atoms with van der Waals surface area (Å²) in [4.78, 5) is 18.6. The van der Waals surface area contributed by atoms with Gasteiger partial charge in [0.15, 0.2) is 0 Å². The van der Waals surface area contributed by atoms with E-state index < -0.39 is 0 Å². The number of amides is 1. The molecule has 1 aliphatic heterocycles. The van der Waals surface area contributed by atoms with E-state index in [2.05, 4.69) is 34.7 Å². The van der Waals surface area contributed by atoms with Crippen molar-refractivity contribution in [3.63, 3.8) is 0 Å². The maximum absolute atomic E-state index is 12.3. The van der Waals surface area contributed by atoms with Crippen molar-refractivity contribution in [2.75, 3.05) is 33.9 Å². The number of carbonyl (C=O) groups excluding carboxylic acids is 1. The number of rotatable bonds is 8. The lowest BCUT2D eigenvalue weighted by atomic mass is 10.2. The SMILES string of the molecule is C#CC=C.C/C=C/c1nn(-c2ccccc2)cc1C1=NCC(=O)N1CCCCOC.CN. The smallest absolute Gasteiger partial charge is 0.249 e. The highest BCUT2D eigenvalue weighted by atomic mass is 16.5. The molecule has 2 heterocycles. The van der Waals surface area contributed by atoms with Gasteiger partial charge in [-0.25, -0.2) is 4.68 Å². The number of nitrogens with two attached hydrogens (primary N) is 1.